The minimum Gasteiger partial charge on any atom is -0.423 e. The molecule has 7 nitrogen and oxygen atoms in total. The monoisotopic (exact) mass is 461 g/mol. The number of esters is 1. The van der Waals surface area contributed by atoms with Gasteiger partial charge in [-0.25, -0.2) is 9.69 Å². The number of benzene rings is 3. The summed E-state index contributed by atoms with van der Waals surface area (Å²) in [5, 5.41) is 2.70. The maximum absolute atomic E-state index is 13.0. The first kappa shape index (κ1) is 22.1. The second-order valence-electron chi connectivity index (χ2n) is 7.51. The van der Waals surface area contributed by atoms with Crippen LogP contribution in [0.1, 0.15) is 21.5 Å². The van der Waals surface area contributed by atoms with Crippen molar-refractivity contribution in [2.75, 3.05) is 16.0 Å². The van der Waals surface area contributed by atoms with E-state index >= 15 is 0 Å². The number of aryl methyl sites for hydroxylation is 1. The predicted octanol–water partition coefficient (Wildman–Crippen LogP) is 4.54. The van der Waals surface area contributed by atoms with Crippen molar-refractivity contribution < 1.29 is 19.1 Å². The van der Waals surface area contributed by atoms with Gasteiger partial charge >= 0.3 is 5.97 Å². The van der Waals surface area contributed by atoms with E-state index in [2.05, 4.69) is 5.32 Å². The normalized spacial score (nSPS) is 13.5. The number of nitrogens with two attached hydrogens (primary N) is 1. The number of carbonyl (C=O) groups excluding carboxylic acids is 3. The molecule has 0 saturated carbocycles. The van der Waals surface area contributed by atoms with Gasteiger partial charge in [0.1, 0.15) is 16.5 Å². The summed E-state index contributed by atoms with van der Waals surface area (Å²) in [4.78, 5) is 39.2. The van der Waals surface area contributed by atoms with Crippen molar-refractivity contribution in [2.45, 2.75) is 13.8 Å². The third-order valence-corrected chi connectivity index (χ3v) is 5.68. The lowest BCUT2D eigenvalue weighted by Crippen LogP contribution is -2.33. The van der Waals surface area contributed by atoms with Crippen LogP contribution in [-0.2, 0) is 9.59 Å². The van der Waals surface area contributed by atoms with Crippen molar-refractivity contribution in [3.05, 3.63) is 94.1 Å². The molecule has 1 aliphatic heterocycles. The van der Waals surface area contributed by atoms with Gasteiger partial charge in [0.05, 0.1) is 11.3 Å². The summed E-state index contributed by atoms with van der Waals surface area (Å²) in [6.07, 6.45) is 0. The van der Waals surface area contributed by atoms with Crippen LogP contribution in [0.4, 0.5) is 17.1 Å². The average Bonchev–Trinajstić information content (AvgIpc) is 3.01. The van der Waals surface area contributed by atoms with Gasteiger partial charge in [-0.2, -0.15) is 0 Å². The average molecular weight is 462 g/mol. The number of ether oxygens (including phenoxy) is 1. The summed E-state index contributed by atoms with van der Waals surface area (Å²) < 4.78 is 5.31. The third kappa shape index (κ3) is 4.31. The van der Waals surface area contributed by atoms with Gasteiger partial charge in [-0.15, -0.1) is 0 Å². The van der Waals surface area contributed by atoms with E-state index in [-0.39, 0.29) is 10.7 Å². The summed E-state index contributed by atoms with van der Waals surface area (Å²) in [5.41, 5.74) is 9.21. The number of carbonyl (C=O) groups is 3. The fourth-order valence-electron chi connectivity index (χ4n) is 3.34. The molecular weight excluding hydrogens is 442 g/mol. The fraction of sp³-hybridized carbons (Fsp3) is 0.0800. The highest BCUT2D eigenvalue weighted by molar-refractivity contribution is 6.53. The smallest absolute Gasteiger partial charge is 0.343 e. The molecule has 0 bridgehead atoms. The van der Waals surface area contributed by atoms with Crippen LogP contribution in [0.3, 0.4) is 0 Å². The first-order valence-corrected chi connectivity index (χ1v) is 10.4. The van der Waals surface area contributed by atoms with Gasteiger partial charge in [0.15, 0.2) is 0 Å². The molecule has 4 rings (SSSR count). The quantitative estimate of drug-likeness (QED) is 0.250. The lowest BCUT2D eigenvalue weighted by molar-refractivity contribution is -0.120. The number of anilines is 3. The van der Waals surface area contributed by atoms with Gasteiger partial charge in [-0.1, -0.05) is 23.7 Å². The Morgan fingerprint density at radius 3 is 2.27 bits per heavy atom. The molecule has 0 aromatic heterocycles. The van der Waals surface area contributed by atoms with Gasteiger partial charge in [0.25, 0.3) is 11.8 Å². The molecule has 0 aliphatic carbocycles. The van der Waals surface area contributed by atoms with E-state index in [1.165, 1.54) is 0 Å². The molecule has 3 aromatic rings. The maximum atomic E-state index is 13.0. The molecule has 0 saturated heterocycles. The van der Waals surface area contributed by atoms with E-state index in [4.69, 9.17) is 22.1 Å². The number of hydrogen-bond acceptors (Lipinski definition) is 6. The molecule has 0 fully saturated rings. The number of rotatable bonds is 5. The number of imide groups is 1. The van der Waals surface area contributed by atoms with Gasteiger partial charge in [0, 0.05) is 11.4 Å². The Hall–Kier alpha value is -4.10. The highest BCUT2D eigenvalue weighted by atomic mass is 35.5. The fourth-order valence-corrected chi connectivity index (χ4v) is 3.56. The van der Waals surface area contributed by atoms with Crippen molar-refractivity contribution >= 4 is 46.4 Å². The number of amides is 2. The molecule has 33 heavy (non-hydrogen) atoms. The summed E-state index contributed by atoms with van der Waals surface area (Å²) in [5.74, 6) is -1.32. The number of hydrogen-bond donors (Lipinski definition) is 2. The standard InChI is InChI=1S/C25H20ClN3O4/c1-14-4-3-5-20(15(14)2)29-23(30)21(26)22(24(29)31)28-18-10-6-16(7-11-18)25(32)33-19-12-8-17(27)9-13-19/h3-13,28H,27H2,1-2H3. The third-order valence-electron chi connectivity index (χ3n) is 5.32. The van der Waals surface area contributed by atoms with Crippen molar-refractivity contribution in [3.63, 3.8) is 0 Å². The van der Waals surface area contributed by atoms with Crippen LogP contribution in [0.25, 0.3) is 0 Å². The van der Waals surface area contributed by atoms with Crippen LogP contribution in [0.2, 0.25) is 0 Å². The highest BCUT2D eigenvalue weighted by Crippen LogP contribution is 2.33. The Balaban J connectivity index is 1.50. The van der Waals surface area contributed by atoms with E-state index in [1.54, 1.807) is 60.7 Å². The largest absolute Gasteiger partial charge is 0.423 e. The van der Waals surface area contributed by atoms with E-state index in [0.717, 1.165) is 16.0 Å². The Labute approximate surface area is 195 Å². The van der Waals surface area contributed by atoms with Crippen molar-refractivity contribution in [1.82, 2.24) is 0 Å². The lowest BCUT2D eigenvalue weighted by atomic mass is 10.1. The molecule has 0 radical (unpaired) electrons. The molecule has 0 spiro atoms. The molecule has 0 unspecified atom stereocenters. The Kier molecular flexibility index (Phi) is 5.89. The summed E-state index contributed by atoms with van der Waals surface area (Å²) in [7, 11) is 0. The molecule has 2 amide bonds. The van der Waals surface area contributed by atoms with Crippen molar-refractivity contribution in [3.8, 4) is 5.75 Å². The number of nitrogen functional groups attached to an aromatic ring is 1. The number of nitrogens with zero attached hydrogens (tertiary/aromatic N) is 1. The first-order chi connectivity index (χ1) is 15.8. The Bertz CT molecular complexity index is 1300. The molecule has 3 aromatic carbocycles. The minimum absolute atomic E-state index is 0.0280. The zero-order valence-electron chi connectivity index (χ0n) is 17.9. The Morgan fingerprint density at radius 1 is 0.939 bits per heavy atom. The molecule has 1 aliphatic rings. The van der Waals surface area contributed by atoms with Crippen LogP contribution in [0.5, 0.6) is 5.75 Å². The van der Waals surface area contributed by atoms with Crippen LogP contribution >= 0.6 is 11.6 Å². The summed E-state index contributed by atoms with van der Waals surface area (Å²) in [6, 6.07) is 18.1. The maximum Gasteiger partial charge on any atom is 0.343 e. The summed E-state index contributed by atoms with van der Waals surface area (Å²) >= 11 is 6.22. The van der Waals surface area contributed by atoms with Gasteiger partial charge < -0.3 is 15.8 Å². The van der Waals surface area contributed by atoms with E-state index in [9.17, 15) is 14.4 Å². The minimum atomic E-state index is -0.596. The lowest BCUT2D eigenvalue weighted by Gasteiger charge is -2.18. The topological polar surface area (TPSA) is 102 Å². The second-order valence-corrected chi connectivity index (χ2v) is 7.89. The van der Waals surface area contributed by atoms with Gasteiger partial charge in [-0.3, -0.25) is 9.59 Å². The highest BCUT2D eigenvalue weighted by Gasteiger charge is 2.39. The zero-order chi connectivity index (χ0) is 23.7. The molecule has 3 N–H and O–H groups in total. The molecule has 166 valence electrons. The van der Waals surface area contributed by atoms with Gasteiger partial charge in [-0.05, 0) is 79.6 Å². The SMILES string of the molecule is Cc1cccc(N2C(=O)C(Cl)=C(Nc3ccc(C(=O)Oc4ccc(N)cc4)cc3)C2=O)c1C. The van der Waals surface area contributed by atoms with Crippen LogP contribution in [0, 0.1) is 13.8 Å². The molecular formula is C25H20ClN3O4. The molecule has 1 heterocycles. The van der Waals surface area contributed by atoms with Crippen molar-refractivity contribution in [1.29, 1.82) is 0 Å². The molecule has 0 atom stereocenters. The predicted molar refractivity (Wildman–Crippen MR) is 127 cm³/mol. The second kappa shape index (κ2) is 8.80. The number of nitrogens with one attached hydrogen (secondary N) is 1. The zero-order valence-corrected chi connectivity index (χ0v) is 18.6. The van der Waals surface area contributed by atoms with E-state index in [0.29, 0.717) is 28.4 Å². The Morgan fingerprint density at radius 2 is 1.61 bits per heavy atom. The summed E-state index contributed by atoms with van der Waals surface area (Å²) in [6.45, 7) is 3.74. The van der Waals surface area contributed by atoms with Gasteiger partial charge in [0.2, 0.25) is 0 Å². The van der Waals surface area contributed by atoms with E-state index < -0.39 is 17.8 Å². The first-order valence-electron chi connectivity index (χ1n) is 10.1. The van der Waals surface area contributed by atoms with Crippen LogP contribution in [-0.4, -0.2) is 17.8 Å². The number of halogens is 1. The van der Waals surface area contributed by atoms with Crippen LogP contribution in [0.15, 0.2) is 77.5 Å². The van der Waals surface area contributed by atoms with E-state index in [1.807, 2.05) is 19.9 Å². The molecule has 8 heteroatoms. The van der Waals surface area contributed by atoms with Crippen LogP contribution < -0.4 is 20.7 Å². The van der Waals surface area contributed by atoms with Crippen molar-refractivity contribution in [2.24, 2.45) is 0 Å².